The van der Waals surface area contributed by atoms with Crippen LogP contribution in [0, 0.1) is 23.6 Å². The van der Waals surface area contributed by atoms with Crippen molar-refractivity contribution in [2.75, 3.05) is 26.7 Å². The zero-order valence-corrected chi connectivity index (χ0v) is 20.0. The minimum atomic E-state index is -0.255. The lowest BCUT2D eigenvalue weighted by Crippen LogP contribution is -2.55. The Balaban J connectivity index is 1.43. The second-order valence-electron chi connectivity index (χ2n) is 10.1. The SMILES string of the molecule is CC(C)COc1ccc(CNC(=O)N(Cc2ccc(F)cc2)C2[C@@H]3CC[C@H]2CN(C)C3)cc1. The van der Waals surface area contributed by atoms with Crippen LogP contribution in [0.15, 0.2) is 48.5 Å². The molecule has 178 valence electrons. The van der Waals surface area contributed by atoms with Gasteiger partial charge in [-0.05, 0) is 73.0 Å². The van der Waals surface area contributed by atoms with Crippen LogP contribution >= 0.6 is 0 Å². The number of carbonyl (C=O) groups excluding carboxylic acids is 1. The molecule has 0 radical (unpaired) electrons. The van der Waals surface area contributed by atoms with E-state index < -0.39 is 0 Å². The van der Waals surface area contributed by atoms with Crippen LogP contribution in [-0.4, -0.2) is 48.6 Å². The van der Waals surface area contributed by atoms with E-state index >= 15 is 0 Å². The predicted octanol–water partition coefficient (Wildman–Crippen LogP) is 4.91. The Morgan fingerprint density at radius 3 is 2.27 bits per heavy atom. The number of halogens is 1. The number of rotatable bonds is 8. The molecule has 1 saturated heterocycles. The summed E-state index contributed by atoms with van der Waals surface area (Å²) < 4.78 is 19.2. The number of ether oxygens (including phenoxy) is 1. The number of urea groups is 1. The molecule has 1 aliphatic heterocycles. The van der Waals surface area contributed by atoms with Crippen LogP contribution in [0.25, 0.3) is 0 Å². The van der Waals surface area contributed by atoms with Crippen LogP contribution in [-0.2, 0) is 13.1 Å². The van der Waals surface area contributed by atoms with Crippen molar-refractivity contribution in [1.82, 2.24) is 15.1 Å². The number of piperidine rings is 1. The lowest BCUT2D eigenvalue weighted by molar-refractivity contribution is 0.0726. The van der Waals surface area contributed by atoms with Crippen molar-refractivity contribution in [3.8, 4) is 5.75 Å². The Bertz CT molecular complexity index is 902. The summed E-state index contributed by atoms with van der Waals surface area (Å²) in [6.07, 6.45) is 2.31. The molecule has 1 saturated carbocycles. The maximum Gasteiger partial charge on any atom is 0.318 e. The molecule has 2 fully saturated rings. The van der Waals surface area contributed by atoms with Gasteiger partial charge in [-0.15, -0.1) is 0 Å². The van der Waals surface area contributed by atoms with E-state index in [-0.39, 0.29) is 17.9 Å². The van der Waals surface area contributed by atoms with Crippen molar-refractivity contribution < 1.29 is 13.9 Å². The fourth-order valence-electron chi connectivity index (χ4n) is 5.28. The number of amides is 2. The van der Waals surface area contributed by atoms with Crippen LogP contribution in [0.2, 0.25) is 0 Å². The number of hydrogen-bond donors (Lipinski definition) is 1. The third kappa shape index (κ3) is 6.05. The number of fused-ring (bicyclic) bond motifs is 2. The van der Waals surface area contributed by atoms with Crippen molar-refractivity contribution in [3.63, 3.8) is 0 Å². The Morgan fingerprint density at radius 2 is 1.67 bits per heavy atom. The predicted molar refractivity (Wildman–Crippen MR) is 128 cm³/mol. The second kappa shape index (κ2) is 10.6. The molecule has 4 rings (SSSR count). The van der Waals surface area contributed by atoms with Gasteiger partial charge in [-0.25, -0.2) is 9.18 Å². The molecule has 2 aliphatic rings. The topological polar surface area (TPSA) is 44.8 Å². The van der Waals surface area contributed by atoms with Crippen molar-refractivity contribution in [3.05, 3.63) is 65.5 Å². The van der Waals surface area contributed by atoms with Crippen LogP contribution < -0.4 is 10.1 Å². The lowest BCUT2D eigenvalue weighted by Gasteiger charge is -2.42. The fourth-order valence-corrected chi connectivity index (χ4v) is 5.28. The summed E-state index contributed by atoms with van der Waals surface area (Å²) >= 11 is 0. The number of hydrogen-bond acceptors (Lipinski definition) is 3. The van der Waals surface area contributed by atoms with Crippen LogP contribution in [0.3, 0.4) is 0 Å². The molecule has 6 heteroatoms. The highest BCUT2D eigenvalue weighted by atomic mass is 19.1. The van der Waals surface area contributed by atoms with Gasteiger partial charge in [0.25, 0.3) is 0 Å². The van der Waals surface area contributed by atoms with Crippen LogP contribution in [0.4, 0.5) is 9.18 Å². The number of nitrogens with zero attached hydrogens (tertiary/aromatic N) is 2. The molecule has 5 nitrogen and oxygen atoms in total. The van der Waals surface area contributed by atoms with Crippen molar-refractivity contribution >= 4 is 6.03 Å². The minimum Gasteiger partial charge on any atom is -0.493 e. The quantitative estimate of drug-likeness (QED) is 0.618. The summed E-state index contributed by atoms with van der Waals surface area (Å²) in [4.78, 5) is 17.8. The Hall–Kier alpha value is -2.60. The van der Waals surface area contributed by atoms with E-state index in [1.165, 1.54) is 12.1 Å². The first-order valence-corrected chi connectivity index (χ1v) is 12.1. The maximum atomic E-state index is 13.4. The van der Waals surface area contributed by atoms with E-state index in [9.17, 15) is 9.18 Å². The summed E-state index contributed by atoms with van der Waals surface area (Å²) in [5.41, 5.74) is 1.99. The Labute approximate surface area is 196 Å². The summed E-state index contributed by atoms with van der Waals surface area (Å²) in [5, 5.41) is 3.14. The largest absolute Gasteiger partial charge is 0.493 e. The van der Waals surface area contributed by atoms with Gasteiger partial charge in [0, 0.05) is 32.2 Å². The van der Waals surface area contributed by atoms with Crippen molar-refractivity contribution in [2.45, 2.75) is 45.8 Å². The number of benzene rings is 2. The normalized spacial score (nSPS) is 22.4. The summed E-state index contributed by atoms with van der Waals surface area (Å²) in [5.74, 6) is 2.04. The zero-order chi connectivity index (χ0) is 23.4. The summed E-state index contributed by atoms with van der Waals surface area (Å²) in [6.45, 7) is 7.93. The highest BCUT2D eigenvalue weighted by molar-refractivity contribution is 5.74. The Kier molecular flexibility index (Phi) is 7.53. The van der Waals surface area contributed by atoms with E-state index in [1.54, 1.807) is 12.1 Å². The first-order valence-electron chi connectivity index (χ1n) is 12.1. The van der Waals surface area contributed by atoms with Crippen LogP contribution in [0.1, 0.15) is 37.8 Å². The third-order valence-corrected chi connectivity index (χ3v) is 6.80. The molecule has 2 amide bonds. The van der Waals surface area contributed by atoms with E-state index in [1.807, 2.05) is 29.2 Å². The molecule has 2 aromatic carbocycles. The number of nitrogens with one attached hydrogen (secondary N) is 1. The molecule has 0 spiro atoms. The van der Waals surface area contributed by atoms with Gasteiger partial charge in [-0.1, -0.05) is 38.1 Å². The molecule has 0 aromatic heterocycles. The fraction of sp³-hybridized carbons (Fsp3) is 0.519. The molecule has 2 bridgehead atoms. The number of carbonyl (C=O) groups is 1. The molecule has 3 atom stereocenters. The van der Waals surface area contributed by atoms with E-state index in [4.69, 9.17) is 4.74 Å². The van der Waals surface area contributed by atoms with E-state index in [0.717, 1.165) is 42.8 Å². The molecular formula is C27H36FN3O2. The van der Waals surface area contributed by atoms with Gasteiger partial charge in [0.15, 0.2) is 0 Å². The second-order valence-corrected chi connectivity index (χ2v) is 10.1. The van der Waals surface area contributed by atoms with Gasteiger partial charge >= 0.3 is 6.03 Å². The average Bonchev–Trinajstić information content (AvgIpc) is 3.06. The van der Waals surface area contributed by atoms with Gasteiger partial charge in [-0.2, -0.15) is 0 Å². The van der Waals surface area contributed by atoms with E-state index in [2.05, 4.69) is 31.1 Å². The summed E-state index contributed by atoms with van der Waals surface area (Å²) in [6, 6.07) is 14.6. The van der Waals surface area contributed by atoms with Gasteiger partial charge < -0.3 is 19.9 Å². The molecule has 1 aliphatic carbocycles. The standard InChI is InChI=1S/C27H36FN3O2/c1-19(2)18-33-25-12-6-20(7-13-25)14-29-27(32)31(15-21-4-10-24(28)11-5-21)26-22-8-9-23(26)17-30(3)16-22/h4-7,10-13,19,22-23,26H,8-9,14-18H2,1-3H3,(H,29,32)/t22-,23+,26?. The highest BCUT2D eigenvalue weighted by Crippen LogP contribution is 2.40. The van der Waals surface area contributed by atoms with Crippen molar-refractivity contribution in [2.24, 2.45) is 17.8 Å². The number of likely N-dealkylation sites (tertiary alicyclic amines) is 1. The zero-order valence-electron chi connectivity index (χ0n) is 20.0. The van der Waals surface area contributed by atoms with Crippen LogP contribution in [0.5, 0.6) is 5.75 Å². The third-order valence-electron chi connectivity index (χ3n) is 6.80. The molecule has 33 heavy (non-hydrogen) atoms. The lowest BCUT2D eigenvalue weighted by atomic mass is 9.90. The van der Waals surface area contributed by atoms with Gasteiger partial charge in [0.2, 0.25) is 0 Å². The van der Waals surface area contributed by atoms with E-state index in [0.29, 0.717) is 37.5 Å². The Morgan fingerprint density at radius 1 is 1.06 bits per heavy atom. The first kappa shape index (κ1) is 23.6. The molecule has 1 heterocycles. The average molecular weight is 454 g/mol. The smallest absolute Gasteiger partial charge is 0.318 e. The van der Waals surface area contributed by atoms with Gasteiger partial charge in [0.1, 0.15) is 11.6 Å². The molecular weight excluding hydrogens is 417 g/mol. The monoisotopic (exact) mass is 453 g/mol. The highest BCUT2D eigenvalue weighted by Gasteiger charge is 2.45. The van der Waals surface area contributed by atoms with Crippen molar-refractivity contribution in [1.29, 1.82) is 0 Å². The summed E-state index contributed by atoms with van der Waals surface area (Å²) in [7, 11) is 2.17. The molecule has 1 unspecified atom stereocenters. The maximum absolute atomic E-state index is 13.4. The molecule has 1 N–H and O–H groups in total. The first-order chi connectivity index (χ1) is 15.9. The molecule has 2 aromatic rings. The minimum absolute atomic E-state index is 0.0501. The van der Waals surface area contributed by atoms with Gasteiger partial charge in [-0.3, -0.25) is 0 Å². The van der Waals surface area contributed by atoms with Gasteiger partial charge in [0.05, 0.1) is 6.61 Å².